The predicted molar refractivity (Wildman–Crippen MR) is 111 cm³/mol. The van der Waals surface area contributed by atoms with Gasteiger partial charge in [-0.3, -0.25) is 4.79 Å². The molecule has 32 heavy (non-hydrogen) atoms. The monoisotopic (exact) mass is 458 g/mol. The molecule has 7 nitrogen and oxygen atoms in total. The standard InChI is InChI=1S/C22H33F3N4O3/c1-13(2)11-32-20-17(10-27-29(20)4-3-26-12-22(23,24)25)19(30)28-18-15-5-14-6-16(18)9-21(31,7-14)8-15/h10,13-16,18,26,31H,3-9,11-12H2,1-2H3,(H,28,30). The zero-order valence-electron chi connectivity index (χ0n) is 18.6. The van der Waals surface area contributed by atoms with Gasteiger partial charge in [0.1, 0.15) is 5.56 Å². The maximum absolute atomic E-state index is 13.2. The van der Waals surface area contributed by atoms with Gasteiger partial charge in [-0.1, -0.05) is 13.8 Å². The van der Waals surface area contributed by atoms with Gasteiger partial charge in [-0.2, -0.15) is 18.3 Å². The van der Waals surface area contributed by atoms with Crippen LogP contribution in [-0.2, 0) is 6.54 Å². The summed E-state index contributed by atoms with van der Waals surface area (Å²) >= 11 is 0. The number of hydrogen-bond donors (Lipinski definition) is 3. The molecule has 1 aromatic rings. The van der Waals surface area contributed by atoms with Crippen molar-refractivity contribution in [3.8, 4) is 5.88 Å². The van der Waals surface area contributed by atoms with Crippen molar-refractivity contribution in [3.05, 3.63) is 11.8 Å². The third-order valence-electron chi connectivity index (χ3n) is 6.95. The number of amides is 1. The quantitative estimate of drug-likeness (QED) is 0.496. The minimum Gasteiger partial charge on any atom is -0.477 e. The van der Waals surface area contributed by atoms with Gasteiger partial charge in [-0.05, 0) is 55.8 Å². The second-order valence-corrected chi connectivity index (χ2v) is 10.3. The number of nitrogens with one attached hydrogen (secondary N) is 2. The van der Waals surface area contributed by atoms with Crippen LogP contribution in [0.1, 0.15) is 56.3 Å². The van der Waals surface area contributed by atoms with Gasteiger partial charge < -0.3 is 20.5 Å². The molecule has 180 valence electrons. The van der Waals surface area contributed by atoms with E-state index in [1.807, 2.05) is 13.8 Å². The molecule has 4 bridgehead atoms. The lowest BCUT2D eigenvalue weighted by atomic mass is 9.52. The summed E-state index contributed by atoms with van der Waals surface area (Å²) < 4.78 is 44.4. The van der Waals surface area contributed by atoms with Gasteiger partial charge in [0, 0.05) is 12.6 Å². The molecule has 0 aromatic carbocycles. The topological polar surface area (TPSA) is 88.4 Å². The first-order chi connectivity index (χ1) is 15.0. The number of alkyl halides is 3. The smallest absolute Gasteiger partial charge is 0.401 e. The van der Waals surface area contributed by atoms with Crippen LogP contribution in [-0.4, -0.2) is 58.3 Å². The van der Waals surface area contributed by atoms with E-state index in [0.29, 0.717) is 18.1 Å². The predicted octanol–water partition coefficient (Wildman–Crippen LogP) is 2.74. The molecule has 2 atom stereocenters. The molecule has 1 amide bonds. The first-order valence-electron chi connectivity index (χ1n) is 11.5. The Kier molecular flexibility index (Phi) is 6.46. The molecule has 4 saturated carbocycles. The van der Waals surface area contributed by atoms with E-state index < -0.39 is 18.3 Å². The van der Waals surface area contributed by atoms with Gasteiger partial charge >= 0.3 is 6.18 Å². The number of rotatable bonds is 9. The summed E-state index contributed by atoms with van der Waals surface area (Å²) in [6.45, 7) is 3.44. The molecule has 2 unspecified atom stereocenters. The van der Waals surface area contributed by atoms with Crippen molar-refractivity contribution >= 4 is 5.91 Å². The minimum absolute atomic E-state index is 0.0223. The Hall–Kier alpha value is -1.81. The maximum atomic E-state index is 13.2. The van der Waals surface area contributed by atoms with E-state index in [1.54, 1.807) is 0 Å². The fourth-order valence-electron chi connectivity index (χ4n) is 5.95. The first-order valence-corrected chi connectivity index (χ1v) is 11.5. The Balaban J connectivity index is 1.43. The number of ether oxygens (including phenoxy) is 1. The molecule has 0 spiro atoms. The third-order valence-corrected chi connectivity index (χ3v) is 6.95. The lowest BCUT2D eigenvalue weighted by Crippen LogP contribution is -2.61. The lowest BCUT2D eigenvalue weighted by Gasteiger charge is -2.58. The minimum atomic E-state index is -4.28. The molecule has 5 rings (SSSR count). The maximum Gasteiger partial charge on any atom is 0.401 e. The first kappa shape index (κ1) is 23.4. The van der Waals surface area contributed by atoms with Crippen LogP contribution in [0.25, 0.3) is 0 Å². The van der Waals surface area contributed by atoms with Crippen molar-refractivity contribution in [2.24, 2.45) is 23.7 Å². The van der Waals surface area contributed by atoms with Gasteiger partial charge in [0.15, 0.2) is 0 Å². The molecule has 1 aromatic heterocycles. The van der Waals surface area contributed by atoms with E-state index in [9.17, 15) is 23.1 Å². The Morgan fingerprint density at radius 3 is 2.59 bits per heavy atom. The number of carbonyl (C=O) groups excluding carboxylic acids is 1. The summed E-state index contributed by atoms with van der Waals surface area (Å²) in [5.74, 6) is 1.31. The van der Waals surface area contributed by atoms with Crippen molar-refractivity contribution < 1.29 is 27.8 Å². The van der Waals surface area contributed by atoms with Crippen LogP contribution in [0.2, 0.25) is 0 Å². The van der Waals surface area contributed by atoms with E-state index in [-0.39, 0.29) is 48.7 Å². The zero-order valence-corrected chi connectivity index (χ0v) is 18.6. The van der Waals surface area contributed by atoms with Crippen LogP contribution >= 0.6 is 0 Å². The second kappa shape index (κ2) is 8.85. The highest BCUT2D eigenvalue weighted by Gasteiger charge is 2.55. The lowest BCUT2D eigenvalue weighted by molar-refractivity contribution is -0.137. The summed E-state index contributed by atoms with van der Waals surface area (Å²) in [5.41, 5.74) is -0.272. The van der Waals surface area contributed by atoms with Gasteiger partial charge in [-0.15, -0.1) is 0 Å². The largest absolute Gasteiger partial charge is 0.477 e. The van der Waals surface area contributed by atoms with Crippen molar-refractivity contribution in [1.29, 1.82) is 0 Å². The van der Waals surface area contributed by atoms with E-state index >= 15 is 0 Å². The van der Waals surface area contributed by atoms with Crippen molar-refractivity contribution in [1.82, 2.24) is 20.4 Å². The molecular weight excluding hydrogens is 425 g/mol. The van der Waals surface area contributed by atoms with E-state index in [0.717, 1.165) is 32.1 Å². The molecule has 4 aliphatic rings. The Bertz CT molecular complexity index is 810. The molecule has 1 heterocycles. The molecule has 0 aliphatic heterocycles. The second-order valence-electron chi connectivity index (χ2n) is 10.3. The summed E-state index contributed by atoms with van der Waals surface area (Å²) in [6.07, 6.45) is 1.55. The Morgan fingerprint density at radius 2 is 2.00 bits per heavy atom. The third kappa shape index (κ3) is 5.22. The number of aliphatic hydroxyl groups is 1. The molecule has 0 saturated heterocycles. The van der Waals surface area contributed by atoms with Crippen molar-refractivity contribution in [2.75, 3.05) is 19.7 Å². The number of halogens is 3. The zero-order chi connectivity index (χ0) is 23.1. The number of hydrogen-bond acceptors (Lipinski definition) is 5. The number of carbonyl (C=O) groups is 1. The van der Waals surface area contributed by atoms with Crippen molar-refractivity contribution in [3.63, 3.8) is 0 Å². The number of aromatic nitrogens is 2. The average Bonchev–Trinajstić information content (AvgIpc) is 3.07. The SMILES string of the molecule is CC(C)COc1c(C(=O)NC2C3CC4CC2CC(O)(C4)C3)cnn1CCNCC(F)(F)F. The summed E-state index contributed by atoms with van der Waals surface area (Å²) in [4.78, 5) is 13.2. The summed E-state index contributed by atoms with van der Waals surface area (Å²) in [7, 11) is 0. The number of nitrogens with zero attached hydrogens (tertiary/aromatic N) is 2. The molecular formula is C22H33F3N4O3. The van der Waals surface area contributed by atoms with Gasteiger partial charge in [0.25, 0.3) is 5.91 Å². The highest BCUT2D eigenvalue weighted by Crippen LogP contribution is 2.55. The highest BCUT2D eigenvalue weighted by molar-refractivity contribution is 5.96. The van der Waals surface area contributed by atoms with E-state index in [1.165, 1.54) is 10.9 Å². The fourth-order valence-corrected chi connectivity index (χ4v) is 5.95. The molecule has 4 aliphatic carbocycles. The van der Waals surface area contributed by atoms with Crippen molar-refractivity contribution in [2.45, 2.75) is 70.3 Å². The van der Waals surface area contributed by atoms with Gasteiger partial charge in [0.2, 0.25) is 5.88 Å². The molecule has 10 heteroatoms. The van der Waals surface area contributed by atoms with Crippen LogP contribution < -0.4 is 15.4 Å². The summed E-state index contributed by atoms with van der Waals surface area (Å²) in [5, 5.41) is 20.5. The summed E-state index contributed by atoms with van der Waals surface area (Å²) in [6, 6.07) is 0.0223. The Morgan fingerprint density at radius 1 is 1.31 bits per heavy atom. The normalized spacial score (nSPS) is 31.3. The van der Waals surface area contributed by atoms with Crippen LogP contribution in [0.3, 0.4) is 0 Å². The van der Waals surface area contributed by atoms with E-state index in [4.69, 9.17) is 4.74 Å². The fraction of sp³-hybridized carbons (Fsp3) is 0.818. The molecule has 0 radical (unpaired) electrons. The average molecular weight is 459 g/mol. The molecule has 4 fully saturated rings. The van der Waals surface area contributed by atoms with Gasteiger partial charge in [0.05, 0.1) is 31.5 Å². The van der Waals surface area contributed by atoms with Gasteiger partial charge in [-0.25, -0.2) is 4.68 Å². The Labute approximate surface area is 186 Å². The van der Waals surface area contributed by atoms with Crippen LogP contribution in [0.5, 0.6) is 5.88 Å². The van der Waals surface area contributed by atoms with Crippen LogP contribution in [0, 0.1) is 23.7 Å². The molecule has 3 N–H and O–H groups in total. The van der Waals surface area contributed by atoms with E-state index in [2.05, 4.69) is 15.7 Å². The van der Waals surface area contributed by atoms with Crippen LogP contribution in [0.15, 0.2) is 6.20 Å². The highest BCUT2D eigenvalue weighted by atomic mass is 19.4. The van der Waals surface area contributed by atoms with Crippen LogP contribution in [0.4, 0.5) is 13.2 Å².